The Kier molecular flexibility index (Phi) is 6.77. The lowest BCUT2D eigenvalue weighted by molar-refractivity contribution is 0.388. The van der Waals surface area contributed by atoms with Gasteiger partial charge in [-0.1, -0.05) is 13.0 Å². The fourth-order valence-corrected chi connectivity index (χ4v) is 3.81. The number of anilines is 1. The molecule has 0 aliphatic heterocycles. The zero-order chi connectivity index (χ0) is 21.9. The van der Waals surface area contributed by atoms with E-state index in [1.807, 2.05) is 19.1 Å². The molecular weight excluding hydrogens is 398 g/mol. The van der Waals surface area contributed by atoms with E-state index in [0.717, 1.165) is 48.7 Å². The molecule has 0 aliphatic rings. The number of nitrogens with one attached hydrogen (secondary N) is 1. The van der Waals surface area contributed by atoms with Crippen molar-refractivity contribution < 1.29 is 8.42 Å². The van der Waals surface area contributed by atoms with Gasteiger partial charge in [0.25, 0.3) is 0 Å². The lowest BCUT2D eigenvalue weighted by Gasteiger charge is -2.14. The van der Waals surface area contributed by atoms with Crippen LogP contribution in [0.3, 0.4) is 0 Å². The zero-order valence-corrected chi connectivity index (χ0v) is 19.2. The van der Waals surface area contributed by atoms with Gasteiger partial charge in [-0.2, -0.15) is 0 Å². The molecule has 7 nitrogen and oxygen atoms in total. The van der Waals surface area contributed by atoms with Gasteiger partial charge in [-0.3, -0.25) is 0 Å². The number of benzene rings is 1. The van der Waals surface area contributed by atoms with Gasteiger partial charge < -0.3 is 14.8 Å². The maximum atomic E-state index is 12.1. The van der Waals surface area contributed by atoms with Crippen molar-refractivity contribution in [1.29, 1.82) is 0 Å². The molecule has 1 aromatic carbocycles. The van der Waals surface area contributed by atoms with Crippen LogP contribution in [0.15, 0.2) is 41.7 Å². The lowest BCUT2D eigenvalue weighted by atomic mass is 10.1. The summed E-state index contributed by atoms with van der Waals surface area (Å²) in [6, 6.07) is 10.2. The van der Waals surface area contributed by atoms with Crippen LogP contribution in [-0.4, -0.2) is 60.8 Å². The predicted molar refractivity (Wildman–Crippen MR) is 123 cm³/mol. The van der Waals surface area contributed by atoms with Crippen LogP contribution < -0.4 is 5.32 Å². The Labute approximate surface area is 179 Å². The molecule has 0 saturated heterocycles. The second-order valence-electron chi connectivity index (χ2n) is 8.09. The van der Waals surface area contributed by atoms with E-state index in [-0.39, 0.29) is 11.2 Å². The molecule has 162 valence electrons. The first-order chi connectivity index (χ1) is 14.2. The van der Waals surface area contributed by atoms with E-state index in [1.165, 1.54) is 0 Å². The van der Waals surface area contributed by atoms with E-state index in [1.54, 1.807) is 0 Å². The Morgan fingerprint density at radius 2 is 1.93 bits per heavy atom. The van der Waals surface area contributed by atoms with Gasteiger partial charge in [0.1, 0.15) is 5.82 Å². The van der Waals surface area contributed by atoms with Gasteiger partial charge in [-0.05, 0) is 58.6 Å². The van der Waals surface area contributed by atoms with Crippen molar-refractivity contribution in [2.75, 3.05) is 32.2 Å². The molecule has 0 fully saturated rings. The van der Waals surface area contributed by atoms with E-state index >= 15 is 0 Å². The van der Waals surface area contributed by atoms with Gasteiger partial charge >= 0.3 is 0 Å². The summed E-state index contributed by atoms with van der Waals surface area (Å²) >= 11 is 0. The summed E-state index contributed by atoms with van der Waals surface area (Å²) in [5.74, 6) is 0.524. The topological polar surface area (TPSA) is 80.1 Å². The van der Waals surface area contributed by atoms with Crippen LogP contribution >= 0.6 is 0 Å². The van der Waals surface area contributed by atoms with Gasteiger partial charge in [0.2, 0.25) is 15.0 Å². The zero-order valence-electron chi connectivity index (χ0n) is 18.4. The molecule has 30 heavy (non-hydrogen) atoms. The highest BCUT2D eigenvalue weighted by Gasteiger charge is 2.16. The molecule has 3 aromatic rings. The number of aryl methyl sites for hydroxylation is 1. The van der Waals surface area contributed by atoms with E-state index in [9.17, 15) is 8.42 Å². The summed E-state index contributed by atoms with van der Waals surface area (Å²) in [6.07, 6.45) is 5.21. The van der Waals surface area contributed by atoms with Gasteiger partial charge in [0, 0.05) is 47.6 Å². The average molecular weight is 430 g/mol. The van der Waals surface area contributed by atoms with E-state index < -0.39 is 9.84 Å². The number of sulfone groups is 1. The minimum atomic E-state index is -3.52. The fourth-order valence-electron chi connectivity index (χ4n) is 3.28. The highest BCUT2D eigenvalue weighted by Crippen LogP contribution is 2.27. The van der Waals surface area contributed by atoms with E-state index in [4.69, 9.17) is 0 Å². The van der Waals surface area contributed by atoms with E-state index in [0.29, 0.717) is 11.5 Å². The van der Waals surface area contributed by atoms with Gasteiger partial charge in [-0.25, -0.2) is 18.4 Å². The van der Waals surface area contributed by atoms with Crippen LogP contribution in [0.25, 0.3) is 22.2 Å². The third-order valence-electron chi connectivity index (χ3n) is 5.12. The Morgan fingerprint density at radius 3 is 2.60 bits per heavy atom. The third-order valence-corrected chi connectivity index (χ3v) is 5.96. The van der Waals surface area contributed by atoms with E-state index in [2.05, 4.69) is 70.2 Å². The van der Waals surface area contributed by atoms with Crippen LogP contribution in [-0.2, 0) is 16.4 Å². The predicted octanol–water partition coefficient (Wildman–Crippen LogP) is 3.66. The summed E-state index contributed by atoms with van der Waals surface area (Å²) in [4.78, 5) is 10.7. The molecule has 1 unspecified atom stereocenters. The maximum Gasteiger partial charge on any atom is 0.249 e. The molecule has 1 N–H and O–H groups in total. The Hall–Kier alpha value is -2.45. The summed E-state index contributed by atoms with van der Waals surface area (Å²) < 4.78 is 26.5. The summed E-state index contributed by atoms with van der Waals surface area (Å²) in [5, 5.41) is 4.21. The largest absolute Gasteiger partial charge is 0.367 e. The first kappa shape index (κ1) is 22.2. The number of rotatable bonds is 9. The first-order valence-electron chi connectivity index (χ1n) is 10.3. The molecule has 0 saturated carbocycles. The standard InChI is InChI=1S/C22H31N5O2S/c1-6-16(2)23-21-15-19(24-22(25-21)30(5,28)29)17-8-9-20-18(14-17)10-13-27(20)12-7-11-26(3)4/h8-10,13-16H,6-7,11-12H2,1-5H3,(H,23,24,25). The second-order valence-corrected chi connectivity index (χ2v) is 10.00. The molecule has 2 heterocycles. The highest BCUT2D eigenvalue weighted by atomic mass is 32.2. The average Bonchev–Trinajstić information content (AvgIpc) is 3.09. The number of hydrogen-bond acceptors (Lipinski definition) is 6. The van der Waals surface area contributed by atoms with Crippen LogP contribution in [0, 0.1) is 0 Å². The number of nitrogens with zero attached hydrogens (tertiary/aromatic N) is 4. The van der Waals surface area contributed by atoms with Crippen molar-refractivity contribution in [3.05, 3.63) is 36.5 Å². The molecular formula is C22H31N5O2S. The quantitative estimate of drug-likeness (QED) is 0.523. The van der Waals surface area contributed by atoms with Gasteiger partial charge in [-0.15, -0.1) is 0 Å². The number of fused-ring (bicyclic) bond motifs is 1. The molecule has 1 atom stereocenters. The van der Waals surface area contributed by atoms with Crippen molar-refractivity contribution in [3.8, 4) is 11.3 Å². The van der Waals surface area contributed by atoms with Crippen molar-refractivity contribution in [2.24, 2.45) is 0 Å². The molecule has 2 aromatic heterocycles. The second kappa shape index (κ2) is 9.14. The Bertz CT molecular complexity index is 1120. The number of hydrogen-bond donors (Lipinski definition) is 1. The van der Waals surface area contributed by atoms with Crippen LogP contribution in [0.1, 0.15) is 26.7 Å². The van der Waals surface area contributed by atoms with Crippen LogP contribution in [0.5, 0.6) is 0 Å². The smallest absolute Gasteiger partial charge is 0.249 e. The summed E-state index contributed by atoms with van der Waals surface area (Å²) in [6.45, 7) is 6.09. The molecule has 8 heteroatoms. The molecule has 0 spiro atoms. The summed E-state index contributed by atoms with van der Waals surface area (Å²) in [7, 11) is 0.636. The highest BCUT2D eigenvalue weighted by molar-refractivity contribution is 7.90. The third kappa shape index (κ3) is 5.37. The normalized spacial score (nSPS) is 13.1. The van der Waals surface area contributed by atoms with Crippen molar-refractivity contribution in [2.45, 2.75) is 44.4 Å². The maximum absolute atomic E-state index is 12.1. The number of aromatic nitrogens is 3. The van der Waals surface area contributed by atoms with Gasteiger partial charge in [0.15, 0.2) is 0 Å². The van der Waals surface area contributed by atoms with Gasteiger partial charge in [0.05, 0.1) is 5.69 Å². The molecule has 0 amide bonds. The minimum absolute atomic E-state index is 0.160. The molecule has 0 radical (unpaired) electrons. The minimum Gasteiger partial charge on any atom is -0.367 e. The van der Waals surface area contributed by atoms with Crippen molar-refractivity contribution in [3.63, 3.8) is 0 Å². The monoisotopic (exact) mass is 429 g/mol. The first-order valence-corrected chi connectivity index (χ1v) is 12.2. The molecule has 3 rings (SSSR count). The van der Waals surface area contributed by atoms with Crippen LogP contribution in [0.2, 0.25) is 0 Å². The molecule has 0 bridgehead atoms. The molecule has 0 aliphatic carbocycles. The van der Waals surface area contributed by atoms with Crippen molar-refractivity contribution in [1.82, 2.24) is 19.4 Å². The fraction of sp³-hybridized carbons (Fsp3) is 0.455. The Balaban J connectivity index is 1.96. The summed E-state index contributed by atoms with van der Waals surface area (Å²) in [5.41, 5.74) is 2.62. The SMILES string of the molecule is CCC(C)Nc1cc(-c2ccc3c(ccn3CCCN(C)C)c2)nc(S(C)(=O)=O)n1. The van der Waals surface area contributed by atoms with Crippen molar-refractivity contribution >= 4 is 26.6 Å². The van der Waals surface area contributed by atoms with Crippen LogP contribution in [0.4, 0.5) is 5.82 Å². The Morgan fingerprint density at radius 1 is 1.17 bits per heavy atom. The lowest BCUT2D eigenvalue weighted by Crippen LogP contribution is -2.16.